The highest BCUT2D eigenvalue weighted by Crippen LogP contribution is 2.26. The topological polar surface area (TPSA) is 60.0 Å². The molecule has 2 aliphatic rings. The van der Waals surface area contributed by atoms with Gasteiger partial charge in [-0.3, -0.25) is 9.79 Å². The smallest absolute Gasteiger partial charge is 0.253 e. The predicted molar refractivity (Wildman–Crippen MR) is 124 cm³/mol. The maximum absolute atomic E-state index is 12.2. The first-order chi connectivity index (χ1) is 14.6. The second kappa shape index (κ2) is 11.3. The van der Waals surface area contributed by atoms with Gasteiger partial charge in [-0.25, -0.2) is 0 Å². The molecule has 0 bridgehead atoms. The van der Waals surface area contributed by atoms with Crippen molar-refractivity contribution in [1.29, 1.82) is 0 Å². The fourth-order valence-corrected chi connectivity index (χ4v) is 4.61. The zero-order valence-electron chi connectivity index (χ0n) is 19.0. The Labute approximate surface area is 182 Å². The van der Waals surface area contributed by atoms with Gasteiger partial charge in [0.2, 0.25) is 0 Å². The van der Waals surface area contributed by atoms with Crippen LogP contribution in [0.2, 0.25) is 0 Å². The molecule has 1 saturated heterocycles. The SMILES string of the molecule is CCNC(=NCCc1cccc(C(=O)N(C)C)c1)NC1CCN(C2CCCC2)CC1. The summed E-state index contributed by atoms with van der Waals surface area (Å²) in [5.74, 6) is 0.955. The summed E-state index contributed by atoms with van der Waals surface area (Å²) in [4.78, 5) is 21.3. The molecule has 3 rings (SSSR count). The maximum Gasteiger partial charge on any atom is 0.253 e. The van der Waals surface area contributed by atoms with Crippen molar-refractivity contribution < 1.29 is 4.79 Å². The van der Waals surface area contributed by atoms with E-state index < -0.39 is 0 Å². The summed E-state index contributed by atoms with van der Waals surface area (Å²) >= 11 is 0. The lowest BCUT2D eigenvalue weighted by molar-refractivity contribution is 0.0827. The van der Waals surface area contributed by atoms with Crippen molar-refractivity contribution >= 4 is 11.9 Å². The number of rotatable bonds is 7. The molecule has 6 nitrogen and oxygen atoms in total. The average Bonchev–Trinajstić information content (AvgIpc) is 3.29. The van der Waals surface area contributed by atoms with Crippen LogP contribution in [0.3, 0.4) is 0 Å². The normalized spacial score (nSPS) is 19.1. The summed E-state index contributed by atoms with van der Waals surface area (Å²) in [5.41, 5.74) is 1.88. The molecular formula is C24H39N5O. The molecule has 1 aliphatic carbocycles. The Bertz CT molecular complexity index is 703. The second-order valence-electron chi connectivity index (χ2n) is 8.80. The Balaban J connectivity index is 1.49. The van der Waals surface area contributed by atoms with Gasteiger partial charge in [-0.1, -0.05) is 25.0 Å². The lowest BCUT2D eigenvalue weighted by Crippen LogP contribution is -2.50. The molecule has 6 heteroatoms. The Morgan fingerprint density at radius 2 is 1.90 bits per heavy atom. The van der Waals surface area contributed by atoms with E-state index in [1.54, 1.807) is 19.0 Å². The fraction of sp³-hybridized carbons (Fsp3) is 0.667. The van der Waals surface area contributed by atoms with Gasteiger partial charge in [0.05, 0.1) is 0 Å². The summed E-state index contributed by atoms with van der Waals surface area (Å²) in [6, 6.07) is 9.22. The summed E-state index contributed by atoms with van der Waals surface area (Å²) in [5, 5.41) is 7.04. The minimum absolute atomic E-state index is 0.0410. The quantitative estimate of drug-likeness (QED) is 0.533. The van der Waals surface area contributed by atoms with E-state index in [4.69, 9.17) is 4.99 Å². The van der Waals surface area contributed by atoms with Gasteiger partial charge in [0.1, 0.15) is 0 Å². The molecule has 0 radical (unpaired) electrons. The van der Waals surface area contributed by atoms with E-state index in [2.05, 4.69) is 28.5 Å². The van der Waals surface area contributed by atoms with Crippen molar-refractivity contribution in [1.82, 2.24) is 20.4 Å². The molecule has 2 fully saturated rings. The van der Waals surface area contributed by atoms with E-state index in [1.165, 1.54) is 51.6 Å². The van der Waals surface area contributed by atoms with Gasteiger partial charge in [0.15, 0.2) is 5.96 Å². The van der Waals surface area contributed by atoms with Crippen LogP contribution in [-0.4, -0.2) is 74.0 Å². The first-order valence-corrected chi connectivity index (χ1v) is 11.7. The number of nitrogens with one attached hydrogen (secondary N) is 2. The molecule has 1 aromatic carbocycles. The number of likely N-dealkylation sites (tertiary alicyclic amines) is 1. The summed E-state index contributed by atoms with van der Waals surface area (Å²) in [6.07, 6.45) is 8.81. The van der Waals surface area contributed by atoms with E-state index in [0.717, 1.165) is 36.1 Å². The van der Waals surface area contributed by atoms with E-state index in [-0.39, 0.29) is 5.91 Å². The molecule has 0 spiro atoms. The zero-order valence-corrected chi connectivity index (χ0v) is 19.0. The van der Waals surface area contributed by atoms with Gasteiger partial charge < -0.3 is 20.4 Å². The molecule has 166 valence electrons. The van der Waals surface area contributed by atoms with Crippen molar-refractivity contribution in [3.8, 4) is 0 Å². The number of amides is 1. The highest BCUT2D eigenvalue weighted by Gasteiger charge is 2.27. The third kappa shape index (κ3) is 6.46. The average molecular weight is 414 g/mol. The van der Waals surface area contributed by atoms with E-state index in [0.29, 0.717) is 12.6 Å². The first-order valence-electron chi connectivity index (χ1n) is 11.7. The lowest BCUT2D eigenvalue weighted by Gasteiger charge is -2.36. The number of benzene rings is 1. The predicted octanol–water partition coefficient (Wildman–Crippen LogP) is 2.89. The molecular weight excluding hydrogens is 374 g/mol. The number of aliphatic imine (C=N–C) groups is 1. The van der Waals surface area contributed by atoms with Gasteiger partial charge in [-0.15, -0.1) is 0 Å². The molecule has 0 atom stereocenters. The number of hydrogen-bond donors (Lipinski definition) is 2. The van der Waals surface area contributed by atoms with Crippen LogP contribution in [0.15, 0.2) is 29.3 Å². The lowest BCUT2D eigenvalue weighted by atomic mass is 10.0. The van der Waals surface area contributed by atoms with Crippen molar-refractivity contribution in [3.63, 3.8) is 0 Å². The third-order valence-corrected chi connectivity index (χ3v) is 6.31. The van der Waals surface area contributed by atoms with E-state index in [9.17, 15) is 4.79 Å². The highest BCUT2D eigenvalue weighted by molar-refractivity contribution is 5.94. The van der Waals surface area contributed by atoms with Crippen LogP contribution in [0.5, 0.6) is 0 Å². The Kier molecular flexibility index (Phi) is 8.55. The molecule has 2 N–H and O–H groups in total. The van der Waals surface area contributed by atoms with Crippen molar-refractivity contribution in [2.75, 3.05) is 40.3 Å². The van der Waals surface area contributed by atoms with Gasteiger partial charge in [0.25, 0.3) is 5.91 Å². The zero-order chi connectivity index (χ0) is 21.3. The fourth-order valence-electron chi connectivity index (χ4n) is 4.61. The number of nitrogens with zero attached hydrogens (tertiary/aromatic N) is 3. The molecule has 1 amide bonds. The maximum atomic E-state index is 12.2. The first kappa shape index (κ1) is 22.6. The second-order valence-corrected chi connectivity index (χ2v) is 8.80. The molecule has 30 heavy (non-hydrogen) atoms. The van der Waals surface area contributed by atoms with E-state index in [1.807, 2.05) is 18.2 Å². The minimum Gasteiger partial charge on any atom is -0.357 e. The summed E-state index contributed by atoms with van der Waals surface area (Å²) in [7, 11) is 3.57. The van der Waals surface area contributed by atoms with Gasteiger partial charge >= 0.3 is 0 Å². The van der Waals surface area contributed by atoms with Gasteiger partial charge in [0, 0.05) is 57.9 Å². The van der Waals surface area contributed by atoms with Crippen molar-refractivity contribution in [2.45, 2.75) is 64.0 Å². The molecule has 0 unspecified atom stereocenters. The third-order valence-electron chi connectivity index (χ3n) is 6.31. The number of piperidine rings is 1. The van der Waals surface area contributed by atoms with Crippen LogP contribution in [0.1, 0.15) is 61.4 Å². The van der Waals surface area contributed by atoms with Crippen LogP contribution >= 0.6 is 0 Å². The Hall–Kier alpha value is -2.08. The number of carbonyl (C=O) groups is 1. The monoisotopic (exact) mass is 413 g/mol. The molecule has 1 saturated carbocycles. The molecule has 1 heterocycles. The van der Waals surface area contributed by atoms with Crippen molar-refractivity contribution in [2.24, 2.45) is 4.99 Å². The van der Waals surface area contributed by atoms with Gasteiger partial charge in [-0.05, 0) is 56.7 Å². The van der Waals surface area contributed by atoms with Crippen LogP contribution < -0.4 is 10.6 Å². The van der Waals surface area contributed by atoms with E-state index >= 15 is 0 Å². The standard InChI is InChI=1S/C24H39N5O/c1-4-25-24(27-21-13-16-29(17-14-21)22-10-5-6-11-22)26-15-12-19-8-7-9-20(18-19)23(30)28(2)3/h7-9,18,21-22H,4-6,10-17H2,1-3H3,(H2,25,26,27). The highest BCUT2D eigenvalue weighted by atomic mass is 16.2. The Morgan fingerprint density at radius 1 is 1.17 bits per heavy atom. The van der Waals surface area contributed by atoms with Crippen molar-refractivity contribution in [3.05, 3.63) is 35.4 Å². The molecule has 1 aromatic rings. The number of hydrogen-bond acceptors (Lipinski definition) is 3. The van der Waals surface area contributed by atoms with Gasteiger partial charge in [-0.2, -0.15) is 0 Å². The van der Waals surface area contributed by atoms with Crippen LogP contribution in [0, 0.1) is 0 Å². The summed E-state index contributed by atoms with van der Waals surface area (Å²) in [6.45, 7) is 6.08. The summed E-state index contributed by atoms with van der Waals surface area (Å²) < 4.78 is 0. The molecule has 1 aliphatic heterocycles. The molecule has 0 aromatic heterocycles. The van der Waals surface area contributed by atoms with Crippen LogP contribution in [0.25, 0.3) is 0 Å². The number of guanidine groups is 1. The largest absolute Gasteiger partial charge is 0.357 e. The number of carbonyl (C=O) groups excluding carboxylic acids is 1. The van der Waals surface area contributed by atoms with Crippen LogP contribution in [0.4, 0.5) is 0 Å². The Morgan fingerprint density at radius 3 is 2.57 bits per heavy atom. The minimum atomic E-state index is 0.0410. The van der Waals surface area contributed by atoms with Crippen LogP contribution in [-0.2, 0) is 6.42 Å².